The second-order valence-corrected chi connectivity index (χ2v) is 2.88. The van der Waals surface area contributed by atoms with Gasteiger partial charge in [0.2, 0.25) is 0 Å². The molecule has 1 aliphatic rings. The average molecular weight is 185 g/mol. The van der Waals surface area contributed by atoms with E-state index in [4.69, 9.17) is 10.2 Å². The van der Waals surface area contributed by atoms with Crippen molar-refractivity contribution in [2.75, 3.05) is 6.54 Å². The third kappa shape index (κ3) is 2.47. The van der Waals surface area contributed by atoms with Crippen molar-refractivity contribution in [1.82, 2.24) is 4.90 Å². The Kier molecular flexibility index (Phi) is 2.89. The predicted molar refractivity (Wildman–Crippen MR) is 44.5 cm³/mol. The molecule has 0 aromatic carbocycles. The van der Waals surface area contributed by atoms with Crippen LogP contribution in [0.25, 0.3) is 0 Å². The van der Waals surface area contributed by atoms with Gasteiger partial charge in [-0.3, -0.25) is 0 Å². The molecule has 0 aromatic heterocycles. The maximum atomic E-state index is 10.6. The quantitative estimate of drug-likeness (QED) is 0.623. The molecular formula is C8H11NO4. The molecule has 1 aliphatic heterocycles. The van der Waals surface area contributed by atoms with Gasteiger partial charge in [-0.05, 0) is 12.8 Å². The second kappa shape index (κ2) is 3.93. The van der Waals surface area contributed by atoms with Gasteiger partial charge in [-0.15, -0.1) is 0 Å². The van der Waals surface area contributed by atoms with Crippen molar-refractivity contribution in [2.45, 2.75) is 18.9 Å². The van der Waals surface area contributed by atoms with Gasteiger partial charge in [0.15, 0.2) is 0 Å². The molecule has 1 amide bonds. The molecule has 1 rings (SSSR count). The van der Waals surface area contributed by atoms with Crippen molar-refractivity contribution >= 4 is 12.1 Å². The minimum absolute atomic E-state index is 0.270. The molecule has 1 unspecified atom stereocenters. The molecule has 0 aromatic rings. The van der Waals surface area contributed by atoms with Crippen molar-refractivity contribution in [3.8, 4) is 0 Å². The standard InChI is InChI=1S/C8H11NO4/c10-7(11)4-3-6-2-1-5-9(6)8(12)13/h3-4,6H,1-2,5H2,(H,10,11)(H,12,13)/b4-3+. The third-order valence-electron chi connectivity index (χ3n) is 2.01. The van der Waals surface area contributed by atoms with Gasteiger partial charge in [0.1, 0.15) is 0 Å². The summed E-state index contributed by atoms with van der Waals surface area (Å²) in [6.07, 6.45) is 2.92. The van der Waals surface area contributed by atoms with Crippen LogP contribution in [-0.2, 0) is 4.79 Å². The van der Waals surface area contributed by atoms with E-state index in [2.05, 4.69) is 0 Å². The Balaban J connectivity index is 2.58. The van der Waals surface area contributed by atoms with E-state index >= 15 is 0 Å². The van der Waals surface area contributed by atoms with Crippen molar-refractivity contribution in [2.24, 2.45) is 0 Å². The van der Waals surface area contributed by atoms with Gasteiger partial charge in [-0.2, -0.15) is 0 Å². The molecule has 13 heavy (non-hydrogen) atoms. The summed E-state index contributed by atoms with van der Waals surface area (Å²) in [6, 6.07) is -0.270. The molecule has 2 N–H and O–H groups in total. The Morgan fingerprint density at radius 3 is 2.62 bits per heavy atom. The highest BCUT2D eigenvalue weighted by Gasteiger charge is 2.26. The van der Waals surface area contributed by atoms with Crippen molar-refractivity contribution < 1.29 is 19.8 Å². The Hall–Kier alpha value is -1.52. The summed E-state index contributed by atoms with van der Waals surface area (Å²) in [5.41, 5.74) is 0. The van der Waals surface area contributed by atoms with E-state index in [1.165, 1.54) is 11.0 Å². The highest BCUT2D eigenvalue weighted by Crippen LogP contribution is 2.17. The molecule has 0 saturated carbocycles. The van der Waals surface area contributed by atoms with Gasteiger partial charge in [-0.25, -0.2) is 9.59 Å². The van der Waals surface area contributed by atoms with Crippen molar-refractivity contribution in [1.29, 1.82) is 0 Å². The molecular weight excluding hydrogens is 174 g/mol. The molecule has 1 atom stereocenters. The molecule has 1 saturated heterocycles. The Bertz CT molecular complexity index is 249. The van der Waals surface area contributed by atoms with Crippen LogP contribution in [0.1, 0.15) is 12.8 Å². The lowest BCUT2D eigenvalue weighted by atomic mass is 10.2. The zero-order chi connectivity index (χ0) is 9.84. The number of carboxylic acids is 1. The smallest absolute Gasteiger partial charge is 0.407 e. The molecule has 0 bridgehead atoms. The first-order chi connectivity index (χ1) is 6.11. The molecule has 1 heterocycles. The van der Waals surface area contributed by atoms with Crippen molar-refractivity contribution in [3.05, 3.63) is 12.2 Å². The number of hydrogen-bond donors (Lipinski definition) is 2. The molecule has 0 spiro atoms. The van der Waals surface area contributed by atoms with Crippen LogP contribution in [0.3, 0.4) is 0 Å². The largest absolute Gasteiger partial charge is 0.478 e. The van der Waals surface area contributed by atoms with Crippen molar-refractivity contribution in [3.63, 3.8) is 0 Å². The first-order valence-electron chi connectivity index (χ1n) is 4.02. The minimum Gasteiger partial charge on any atom is -0.478 e. The van der Waals surface area contributed by atoms with Gasteiger partial charge >= 0.3 is 12.1 Å². The predicted octanol–water partition coefficient (Wildman–Crippen LogP) is 0.770. The summed E-state index contributed by atoms with van der Waals surface area (Å²) in [4.78, 5) is 22.0. The van der Waals surface area contributed by atoms with Crippen LogP contribution in [0.5, 0.6) is 0 Å². The highest BCUT2D eigenvalue weighted by molar-refractivity contribution is 5.80. The fourth-order valence-corrected chi connectivity index (χ4v) is 1.42. The summed E-state index contributed by atoms with van der Waals surface area (Å²) in [5, 5.41) is 17.0. The van der Waals surface area contributed by atoms with Crippen LogP contribution in [0, 0.1) is 0 Å². The van der Waals surface area contributed by atoms with E-state index in [1.807, 2.05) is 0 Å². The Morgan fingerprint density at radius 1 is 1.38 bits per heavy atom. The zero-order valence-electron chi connectivity index (χ0n) is 7.01. The number of likely N-dealkylation sites (tertiary alicyclic amines) is 1. The Morgan fingerprint density at radius 2 is 2.08 bits per heavy atom. The molecule has 0 radical (unpaired) electrons. The van der Waals surface area contributed by atoms with E-state index < -0.39 is 12.1 Å². The van der Waals surface area contributed by atoms with Gasteiger partial charge in [-0.1, -0.05) is 6.08 Å². The van der Waals surface area contributed by atoms with Crippen LogP contribution in [0.15, 0.2) is 12.2 Å². The lowest BCUT2D eigenvalue weighted by Gasteiger charge is -2.17. The second-order valence-electron chi connectivity index (χ2n) is 2.88. The number of carbonyl (C=O) groups is 2. The normalized spacial score (nSPS) is 22.5. The first kappa shape index (κ1) is 9.57. The number of amides is 1. The van der Waals surface area contributed by atoms with E-state index in [1.54, 1.807) is 0 Å². The summed E-state index contributed by atoms with van der Waals surface area (Å²) in [7, 11) is 0. The highest BCUT2D eigenvalue weighted by atomic mass is 16.4. The van der Waals surface area contributed by atoms with Crippen LogP contribution in [0.4, 0.5) is 4.79 Å². The number of aliphatic carboxylic acids is 1. The lowest BCUT2D eigenvalue weighted by Crippen LogP contribution is -2.32. The topological polar surface area (TPSA) is 77.8 Å². The summed E-state index contributed by atoms with van der Waals surface area (Å²) >= 11 is 0. The fourth-order valence-electron chi connectivity index (χ4n) is 1.42. The SMILES string of the molecule is O=C(O)/C=C/C1CCCN1C(=O)O. The van der Waals surface area contributed by atoms with E-state index in [0.717, 1.165) is 12.5 Å². The molecule has 0 aliphatic carbocycles. The number of nitrogens with zero attached hydrogens (tertiary/aromatic N) is 1. The molecule has 5 heteroatoms. The number of hydrogen-bond acceptors (Lipinski definition) is 2. The van der Waals surface area contributed by atoms with E-state index in [-0.39, 0.29) is 6.04 Å². The summed E-state index contributed by atoms with van der Waals surface area (Å²) < 4.78 is 0. The number of carboxylic acid groups (broad SMARTS) is 2. The van der Waals surface area contributed by atoms with Gasteiger partial charge in [0.05, 0.1) is 6.04 Å². The van der Waals surface area contributed by atoms with Gasteiger partial charge in [0, 0.05) is 12.6 Å². The van der Waals surface area contributed by atoms with Crippen LogP contribution in [-0.4, -0.2) is 39.8 Å². The minimum atomic E-state index is -1.04. The summed E-state index contributed by atoms with van der Waals surface area (Å²) in [5.74, 6) is -1.04. The van der Waals surface area contributed by atoms with Gasteiger partial charge < -0.3 is 15.1 Å². The molecule has 72 valence electrons. The first-order valence-corrected chi connectivity index (χ1v) is 4.02. The maximum Gasteiger partial charge on any atom is 0.407 e. The summed E-state index contributed by atoms with van der Waals surface area (Å²) in [6.45, 7) is 0.490. The van der Waals surface area contributed by atoms with Crippen LogP contribution < -0.4 is 0 Å². The average Bonchev–Trinajstić information content (AvgIpc) is 2.47. The van der Waals surface area contributed by atoms with Crippen LogP contribution >= 0.6 is 0 Å². The maximum absolute atomic E-state index is 10.6. The monoisotopic (exact) mass is 185 g/mol. The lowest BCUT2D eigenvalue weighted by molar-refractivity contribution is -0.131. The molecule has 5 nitrogen and oxygen atoms in total. The molecule has 1 fully saturated rings. The number of rotatable bonds is 2. The van der Waals surface area contributed by atoms with Crippen LogP contribution in [0.2, 0.25) is 0 Å². The van der Waals surface area contributed by atoms with E-state index in [9.17, 15) is 9.59 Å². The van der Waals surface area contributed by atoms with E-state index in [0.29, 0.717) is 13.0 Å². The fraction of sp³-hybridized carbons (Fsp3) is 0.500. The zero-order valence-corrected chi connectivity index (χ0v) is 7.01. The Labute approximate surface area is 75.3 Å². The third-order valence-corrected chi connectivity index (χ3v) is 2.01. The van der Waals surface area contributed by atoms with Gasteiger partial charge in [0.25, 0.3) is 0 Å².